The molecular formula is C13H20O2. The molecule has 84 valence electrons. The van der Waals surface area contributed by atoms with Crippen molar-refractivity contribution in [2.24, 2.45) is 0 Å². The Kier molecular flexibility index (Phi) is 4.01. The highest BCUT2D eigenvalue weighted by molar-refractivity contribution is 5.46. The Morgan fingerprint density at radius 1 is 1.33 bits per heavy atom. The number of ether oxygens (including phenoxy) is 1. The van der Waals surface area contributed by atoms with Gasteiger partial charge in [0.25, 0.3) is 0 Å². The predicted molar refractivity (Wildman–Crippen MR) is 62.7 cm³/mol. The Morgan fingerprint density at radius 3 is 2.53 bits per heavy atom. The molecule has 0 saturated heterocycles. The molecule has 1 atom stereocenters. The number of hydrogen-bond donors (Lipinski definition) is 1. The summed E-state index contributed by atoms with van der Waals surface area (Å²) in [5.41, 5.74) is 1.97. The molecule has 0 fully saturated rings. The van der Waals surface area contributed by atoms with Gasteiger partial charge in [0.15, 0.2) is 0 Å². The third-order valence-electron chi connectivity index (χ3n) is 2.77. The van der Waals surface area contributed by atoms with Crippen LogP contribution in [0.4, 0.5) is 0 Å². The lowest BCUT2D eigenvalue weighted by Crippen LogP contribution is -1.98. The van der Waals surface area contributed by atoms with Crippen molar-refractivity contribution in [3.8, 4) is 11.5 Å². The molecule has 1 N–H and O–H groups in total. The maximum Gasteiger partial charge on any atom is 0.122 e. The quantitative estimate of drug-likeness (QED) is 0.819. The predicted octanol–water partition coefficient (Wildman–Crippen LogP) is 3.61. The second-order valence-electron chi connectivity index (χ2n) is 3.92. The number of hydrogen-bond acceptors (Lipinski definition) is 2. The lowest BCUT2D eigenvalue weighted by molar-refractivity contribution is 0.336. The molecule has 0 aromatic heterocycles. The summed E-state index contributed by atoms with van der Waals surface area (Å²) in [5, 5.41) is 9.83. The SMILES string of the molecule is CCOc1cc(C(C)CC)c(O)cc1C. The Balaban J connectivity index is 3.11. The Labute approximate surface area is 91.9 Å². The standard InChI is InChI=1S/C13H20O2/c1-5-9(3)11-8-13(15-6-2)10(4)7-12(11)14/h7-9,14H,5-6H2,1-4H3. The third-order valence-corrected chi connectivity index (χ3v) is 2.77. The molecule has 1 aromatic rings. The molecule has 0 radical (unpaired) electrons. The van der Waals surface area contributed by atoms with Gasteiger partial charge in [-0.05, 0) is 43.9 Å². The van der Waals surface area contributed by atoms with Crippen LogP contribution in [0.25, 0.3) is 0 Å². The smallest absolute Gasteiger partial charge is 0.122 e. The minimum atomic E-state index is 0.366. The molecule has 15 heavy (non-hydrogen) atoms. The Morgan fingerprint density at radius 2 is 2.00 bits per heavy atom. The molecule has 1 aromatic carbocycles. The van der Waals surface area contributed by atoms with E-state index in [0.717, 1.165) is 23.3 Å². The minimum absolute atomic E-state index is 0.366. The minimum Gasteiger partial charge on any atom is -0.508 e. The number of aryl methyl sites for hydroxylation is 1. The van der Waals surface area contributed by atoms with Crippen molar-refractivity contribution < 1.29 is 9.84 Å². The van der Waals surface area contributed by atoms with Gasteiger partial charge in [-0.1, -0.05) is 13.8 Å². The van der Waals surface area contributed by atoms with E-state index < -0.39 is 0 Å². The van der Waals surface area contributed by atoms with E-state index in [0.29, 0.717) is 18.3 Å². The topological polar surface area (TPSA) is 29.5 Å². The molecule has 0 aliphatic heterocycles. The summed E-state index contributed by atoms with van der Waals surface area (Å²) in [6, 6.07) is 3.74. The van der Waals surface area contributed by atoms with E-state index in [1.54, 1.807) is 6.07 Å². The first kappa shape index (κ1) is 11.9. The molecule has 0 saturated carbocycles. The van der Waals surface area contributed by atoms with Gasteiger partial charge < -0.3 is 9.84 Å². The first-order valence-corrected chi connectivity index (χ1v) is 5.56. The number of benzene rings is 1. The van der Waals surface area contributed by atoms with Crippen LogP contribution in [-0.2, 0) is 0 Å². The van der Waals surface area contributed by atoms with Crippen LogP contribution in [0.1, 0.15) is 44.2 Å². The van der Waals surface area contributed by atoms with Gasteiger partial charge in [-0.2, -0.15) is 0 Å². The highest BCUT2D eigenvalue weighted by Crippen LogP contribution is 2.33. The van der Waals surface area contributed by atoms with Crippen molar-refractivity contribution in [2.45, 2.75) is 40.0 Å². The van der Waals surface area contributed by atoms with Crippen LogP contribution in [0.2, 0.25) is 0 Å². The molecule has 1 rings (SSSR count). The molecule has 0 spiro atoms. The molecule has 0 heterocycles. The van der Waals surface area contributed by atoms with Gasteiger partial charge in [-0.15, -0.1) is 0 Å². The molecule has 0 aliphatic carbocycles. The fourth-order valence-electron chi connectivity index (χ4n) is 1.61. The fraction of sp³-hybridized carbons (Fsp3) is 0.538. The van der Waals surface area contributed by atoms with Crippen LogP contribution < -0.4 is 4.74 Å². The normalized spacial score (nSPS) is 12.5. The largest absolute Gasteiger partial charge is 0.508 e. The van der Waals surface area contributed by atoms with Crippen LogP contribution in [0.5, 0.6) is 11.5 Å². The summed E-state index contributed by atoms with van der Waals surface area (Å²) >= 11 is 0. The summed E-state index contributed by atoms with van der Waals surface area (Å²) in [5.74, 6) is 1.63. The monoisotopic (exact) mass is 208 g/mol. The van der Waals surface area contributed by atoms with Gasteiger partial charge in [0, 0.05) is 5.56 Å². The lowest BCUT2D eigenvalue weighted by atomic mass is 9.96. The molecule has 2 heteroatoms. The van der Waals surface area contributed by atoms with Gasteiger partial charge in [0.1, 0.15) is 11.5 Å². The van der Waals surface area contributed by atoms with Gasteiger partial charge >= 0.3 is 0 Å². The first-order chi connectivity index (χ1) is 7.10. The molecule has 0 aliphatic rings. The maximum absolute atomic E-state index is 9.83. The summed E-state index contributed by atoms with van der Waals surface area (Å²) < 4.78 is 5.52. The van der Waals surface area contributed by atoms with Crippen LogP contribution in [-0.4, -0.2) is 11.7 Å². The van der Waals surface area contributed by atoms with E-state index in [9.17, 15) is 5.11 Å². The van der Waals surface area contributed by atoms with E-state index in [1.165, 1.54) is 0 Å². The van der Waals surface area contributed by atoms with E-state index >= 15 is 0 Å². The maximum atomic E-state index is 9.83. The fourth-order valence-corrected chi connectivity index (χ4v) is 1.61. The molecule has 0 bridgehead atoms. The van der Waals surface area contributed by atoms with E-state index in [4.69, 9.17) is 4.74 Å². The zero-order valence-electron chi connectivity index (χ0n) is 10.0. The number of phenols is 1. The van der Waals surface area contributed by atoms with Crippen molar-refractivity contribution >= 4 is 0 Å². The lowest BCUT2D eigenvalue weighted by Gasteiger charge is -2.15. The van der Waals surface area contributed by atoms with Gasteiger partial charge in [0.2, 0.25) is 0 Å². The van der Waals surface area contributed by atoms with Crippen molar-refractivity contribution in [3.63, 3.8) is 0 Å². The molecule has 1 unspecified atom stereocenters. The highest BCUT2D eigenvalue weighted by atomic mass is 16.5. The second kappa shape index (κ2) is 5.06. The van der Waals surface area contributed by atoms with E-state index in [1.807, 2.05) is 19.9 Å². The molecule has 2 nitrogen and oxygen atoms in total. The van der Waals surface area contributed by atoms with E-state index in [-0.39, 0.29) is 0 Å². The average Bonchev–Trinajstić information content (AvgIpc) is 2.21. The average molecular weight is 208 g/mol. The van der Waals surface area contributed by atoms with Crippen LogP contribution in [0.15, 0.2) is 12.1 Å². The van der Waals surface area contributed by atoms with Gasteiger partial charge in [-0.25, -0.2) is 0 Å². The van der Waals surface area contributed by atoms with Crippen molar-refractivity contribution in [1.82, 2.24) is 0 Å². The van der Waals surface area contributed by atoms with Gasteiger partial charge in [-0.3, -0.25) is 0 Å². The highest BCUT2D eigenvalue weighted by Gasteiger charge is 2.12. The summed E-state index contributed by atoms with van der Waals surface area (Å²) in [7, 11) is 0. The Bertz CT molecular complexity index is 332. The van der Waals surface area contributed by atoms with Crippen LogP contribution in [0, 0.1) is 6.92 Å². The number of phenolic OH excluding ortho intramolecular Hbond substituents is 1. The van der Waals surface area contributed by atoms with Crippen molar-refractivity contribution in [1.29, 1.82) is 0 Å². The van der Waals surface area contributed by atoms with E-state index in [2.05, 4.69) is 13.8 Å². The number of aromatic hydroxyl groups is 1. The third kappa shape index (κ3) is 2.65. The first-order valence-electron chi connectivity index (χ1n) is 5.56. The zero-order chi connectivity index (χ0) is 11.4. The Hall–Kier alpha value is -1.18. The van der Waals surface area contributed by atoms with Crippen molar-refractivity contribution in [3.05, 3.63) is 23.3 Å². The number of rotatable bonds is 4. The van der Waals surface area contributed by atoms with Crippen LogP contribution in [0.3, 0.4) is 0 Å². The molecule has 0 amide bonds. The molecular weight excluding hydrogens is 188 g/mol. The second-order valence-corrected chi connectivity index (χ2v) is 3.92. The van der Waals surface area contributed by atoms with Gasteiger partial charge in [0.05, 0.1) is 6.61 Å². The zero-order valence-corrected chi connectivity index (χ0v) is 10.0. The summed E-state index contributed by atoms with van der Waals surface area (Å²) in [6.07, 6.45) is 1.02. The van der Waals surface area contributed by atoms with Crippen molar-refractivity contribution in [2.75, 3.05) is 6.61 Å². The summed E-state index contributed by atoms with van der Waals surface area (Å²) in [4.78, 5) is 0. The summed E-state index contributed by atoms with van der Waals surface area (Å²) in [6.45, 7) is 8.80. The van der Waals surface area contributed by atoms with Crippen LogP contribution >= 0.6 is 0 Å².